The summed E-state index contributed by atoms with van der Waals surface area (Å²) in [5, 5.41) is 11.1. The van der Waals surface area contributed by atoms with E-state index in [1.54, 1.807) is 4.90 Å². The summed E-state index contributed by atoms with van der Waals surface area (Å²) in [5.41, 5.74) is -0.0369. The quantitative estimate of drug-likeness (QED) is 0.743. The van der Waals surface area contributed by atoms with Crippen LogP contribution in [0.25, 0.3) is 0 Å². The fourth-order valence-corrected chi connectivity index (χ4v) is 3.32. The largest absolute Gasteiger partial charge is 0.573 e. The first-order valence-electron chi connectivity index (χ1n) is 10.0. The van der Waals surface area contributed by atoms with Crippen molar-refractivity contribution in [3.8, 4) is 5.75 Å². The Morgan fingerprint density at radius 1 is 1.06 bits per heavy atom. The number of piperazine rings is 1. The van der Waals surface area contributed by atoms with Gasteiger partial charge in [0.05, 0.1) is 5.69 Å². The molecule has 1 N–H and O–H groups in total. The highest BCUT2D eigenvalue weighted by atomic mass is 19.4. The first-order chi connectivity index (χ1) is 14.8. The van der Waals surface area contributed by atoms with Crippen molar-refractivity contribution in [2.24, 2.45) is 0 Å². The van der Waals surface area contributed by atoms with E-state index in [1.165, 1.54) is 18.2 Å². The Labute approximate surface area is 178 Å². The number of para-hydroxylation sites is 2. The van der Waals surface area contributed by atoms with E-state index in [9.17, 15) is 18.0 Å². The number of nitrogens with zero attached hydrogens (tertiary/aromatic N) is 5. The van der Waals surface area contributed by atoms with Crippen molar-refractivity contribution in [1.82, 2.24) is 15.1 Å². The Balaban J connectivity index is 1.57. The van der Waals surface area contributed by atoms with Crippen LogP contribution in [0.3, 0.4) is 0 Å². The van der Waals surface area contributed by atoms with E-state index in [1.807, 2.05) is 17.0 Å². The molecule has 168 valence electrons. The highest BCUT2D eigenvalue weighted by molar-refractivity contribution is 5.91. The number of halogens is 3. The fourth-order valence-electron chi connectivity index (χ4n) is 3.32. The summed E-state index contributed by atoms with van der Waals surface area (Å²) < 4.78 is 41.7. The summed E-state index contributed by atoms with van der Waals surface area (Å²) in [5.74, 6) is 1.08. The predicted octanol–water partition coefficient (Wildman–Crippen LogP) is 3.58. The second-order valence-corrected chi connectivity index (χ2v) is 6.87. The second-order valence-electron chi connectivity index (χ2n) is 6.87. The molecule has 1 aromatic heterocycles. The zero-order valence-corrected chi connectivity index (χ0v) is 17.4. The minimum absolute atomic E-state index is 0.0369. The lowest BCUT2D eigenvalue weighted by atomic mass is 10.3. The molecule has 2 aromatic rings. The smallest absolute Gasteiger partial charge is 0.404 e. The van der Waals surface area contributed by atoms with Gasteiger partial charge in [-0.05, 0) is 38.1 Å². The van der Waals surface area contributed by atoms with Crippen LogP contribution >= 0.6 is 0 Å². The summed E-state index contributed by atoms with van der Waals surface area (Å²) in [7, 11) is 0. The fraction of sp³-hybridized carbons (Fsp3) is 0.450. The number of benzene rings is 1. The van der Waals surface area contributed by atoms with Crippen molar-refractivity contribution >= 4 is 23.4 Å². The Morgan fingerprint density at radius 3 is 2.32 bits per heavy atom. The van der Waals surface area contributed by atoms with Gasteiger partial charge >= 0.3 is 12.4 Å². The number of amides is 2. The molecule has 0 bridgehead atoms. The number of rotatable bonds is 6. The van der Waals surface area contributed by atoms with Gasteiger partial charge in [-0.15, -0.1) is 23.4 Å². The van der Waals surface area contributed by atoms with Crippen molar-refractivity contribution in [2.45, 2.75) is 20.2 Å². The molecule has 1 aliphatic rings. The molecule has 1 saturated heterocycles. The highest BCUT2D eigenvalue weighted by Crippen LogP contribution is 2.30. The number of ether oxygens (including phenoxy) is 1. The molecule has 0 radical (unpaired) electrons. The van der Waals surface area contributed by atoms with Gasteiger partial charge in [-0.25, -0.2) is 4.79 Å². The number of nitrogens with one attached hydrogen (secondary N) is 1. The summed E-state index contributed by atoms with van der Waals surface area (Å²) in [6.07, 6.45) is -4.84. The van der Waals surface area contributed by atoms with Crippen LogP contribution < -0.4 is 19.9 Å². The van der Waals surface area contributed by atoms with Crippen LogP contribution in [-0.4, -0.2) is 66.8 Å². The third-order valence-corrected chi connectivity index (χ3v) is 4.97. The molecule has 8 nitrogen and oxygen atoms in total. The molecule has 3 rings (SSSR count). The third-order valence-electron chi connectivity index (χ3n) is 4.97. The molecule has 31 heavy (non-hydrogen) atoms. The van der Waals surface area contributed by atoms with Gasteiger partial charge in [0.1, 0.15) is 0 Å². The molecule has 2 heterocycles. The van der Waals surface area contributed by atoms with Crippen molar-refractivity contribution in [3.05, 3.63) is 36.4 Å². The van der Waals surface area contributed by atoms with Crippen LogP contribution in [0, 0.1) is 0 Å². The van der Waals surface area contributed by atoms with Crippen LogP contribution in [0.5, 0.6) is 5.75 Å². The van der Waals surface area contributed by atoms with E-state index in [4.69, 9.17) is 0 Å². The average Bonchev–Trinajstić information content (AvgIpc) is 2.75. The normalized spacial score (nSPS) is 14.4. The maximum absolute atomic E-state index is 12.6. The lowest BCUT2D eigenvalue weighted by molar-refractivity contribution is -0.274. The average molecular weight is 438 g/mol. The minimum atomic E-state index is -4.84. The monoisotopic (exact) mass is 438 g/mol. The van der Waals surface area contributed by atoms with E-state index in [-0.39, 0.29) is 5.69 Å². The lowest BCUT2D eigenvalue weighted by Crippen LogP contribution is -2.50. The summed E-state index contributed by atoms with van der Waals surface area (Å²) in [6.45, 7) is 7.65. The van der Waals surface area contributed by atoms with Crippen molar-refractivity contribution in [1.29, 1.82) is 0 Å². The standard InChI is InChI=1S/C20H25F3N6O2/c1-3-27(4-2)17-9-10-18(26-25-17)28-11-13-29(14-12-28)19(30)24-15-7-5-6-8-16(15)31-20(21,22)23/h5-10H,3-4,11-14H2,1-2H3,(H,24,30). The van der Waals surface area contributed by atoms with Crippen LogP contribution in [0.1, 0.15) is 13.8 Å². The lowest BCUT2D eigenvalue weighted by Gasteiger charge is -2.35. The number of carbonyl (C=O) groups is 1. The van der Waals surface area contributed by atoms with E-state index in [0.717, 1.165) is 30.8 Å². The van der Waals surface area contributed by atoms with Gasteiger partial charge in [0.25, 0.3) is 0 Å². The van der Waals surface area contributed by atoms with E-state index in [0.29, 0.717) is 26.2 Å². The molecular formula is C20H25F3N6O2. The molecule has 1 fully saturated rings. The number of alkyl halides is 3. The number of aromatic nitrogens is 2. The molecule has 0 unspecified atom stereocenters. The molecule has 0 aliphatic carbocycles. The number of urea groups is 1. The molecular weight excluding hydrogens is 413 g/mol. The van der Waals surface area contributed by atoms with Gasteiger partial charge in [-0.1, -0.05) is 12.1 Å². The van der Waals surface area contributed by atoms with E-state index >= 15 is 0 Å². The van der Waals surface area contributed by atoms with Crippen molar-refractivity contribution < 1.29 is 22.7 Å². The van der Waals surface area contributed by atoms with Crippen LogP contribution in [0.4, 0.5) is 35.3 Å². The summed E-state index contributed by atoms with van der Waals surface area (Å²) >= 11 is 0. The number of anilines is 3. The maximum atomic E-state index is 12.6. The topological polar surface area (TPSA) is 73.8 Å². The van der Waals surface area contributed by atoms with Gasteiger partial charge in [-0.3, -0.25) is 0 Å². The zero-order valence-electron chi connectivity index (χ0n) is 17.4. The van der Waals surface area contributed by atoms with E-state index in [2.05, 4.69) is 39.0 Å². The zero-order chi connectivity index (χ0) is 22.4. The summed E-state index contributed by atoms with van der Waals surface area (Å²) in [6, 6.07) is 8.79. The van der Waals surface area contributed by atoms with Crippen molar-refractivity contribution in [3.63, 3.8) is 0 Å². The van der Waals surface area contributed by atoms with Crippen LogP contribution in [-0.2, 0) is 0 Å². The Kier molecular flexibility index (Phi) is 7.03. The number of hydrogen-bond acceptors (Lipinski definition) is 6. The molecule has 1 aliphatic heterocycles. The number of hydrogen-bond donors (Lipinski definition) is 1. The highest BCUT2D eigenvalue weighted by Gasteiger charge is 2.32. The maximum Gasteiger partial charge on any atom is 0.573 e. The van der Waals surface area contributed by atoms with Crippen LogP contribution in [0.15, 0.2) is 36.4 Å². The number of carbonyl (C=O) groups excluding carboxylic acids is 1. The molecule has 0 atom stereocenters. The predicted molar refractivity (Wildman–Crippen MR) is 112 cm³/mol. The third kappa shape index (κ3) is 5.89. The van der Waals surface area contributed by atoms with E-state index < -0.39 is 18.1 Å². The SMILES string of the molecule is CCN(CC)c1ccc(N2CCN(C(=O)Nc3ccccc3OC(F)(F)F)CC2)nn1. The Bertz CT molecular complexity index is 866. The Hall–Kier alpha value is -3.24. The molecule has 1 aromatic carbocycles. The molecule has 0 saturated carbocycles. The minimum Gasteiger partial charge on any atom is -0.404 e. The van der Waals surface area contributed by atoms with Gasteiger partial charge < -0.3 is 24.8 Å². The van der Waals surface area contributed by atoms with Gasteiger partial charge in [-0.2, -0.15) is 0 Å². The van der Waals surface area contributed by atoms with Gasteiger partial charge in [0, 0.05) is 39.3 Å². The molecule has 0 spiro atoms. The van der Waals surface area contributed by atoms with Crippen molar-refractivity contribution in [2.75, 3.05) is 54.4 Å². The summed E-state index contributed by atoms with van der Waals surface area (Å²) in [4.78, 5) is 18.2. The molecule has 11 heteroatoms. The first kappa shape index (κ1) is 22.4. The molecule has 2 amide bonds. The van der Waals surface area contributed by atoms with Gasteiger partial charge in [0.15, 0.2) is 17.4 Å². The van der Waals surface area contributed by atoms with Gasteiger partial charge in [0.2, 0.25) is 0 Å². The van der Waals surface area contributed by atoms with Crippen LogP contribution in [0.2, 0.25) is 0 Å². The second kappa shape index (κ2) is 9.71. The first-order valence-corrected chi connectivity index (χ1v) is 10.0. The Morgan fingerprint density at radius 2 is 1.74 bits per heavy atom.